The largest absolute Gasteiger partial charge is 0.451 e. The van der Waals surface area contributed by atoms with Gasteiger partial charge in [-0.15, -0.1) is 0 Å². The fourth-order valence-electron chi connectivity index (χ4n) is 3.64. The average molecular weight is 521 g/mol. The summed E-state index contributed by atoms with van der Waals surface area (Å²) >= 11 is 12.6. The predicted molar refractivity (Wildman–Crippen MR) is 131 cm³/mol. The summed E-state index contributed by atoms with van der Waals surface area (Å²) in [5.74, 6) is 0.299. The van der Waals surface area contributed by atoms with Gasteiger partial charge in [0, 0.05) is 36.5 Å². The molecular formula is C24H22Cl2N2O5S. The number of benzene rings is 3. The van der Waals surface area contributed by atoms with E-state index < -0.39 is 28.8 Å². The molecule has 34 heavy (non-hydrogen) atoms. The SMILES string of the molecule is CNC(=O)CN(c1ccc(Cl)cc1Cc1ccccc1Cl)S(=O)(=O)c1ccc2c(c1)OC(C)O2. The van der Waals surface area contributed by atoms with Crippen LogP contribution < -0.4 is 19.1 Å². The van der Waals surface area contributed by atoms with Crippen LogP contribution in [0.15, 0.2) is 65.6 Å². The van der Waals surface area contributed by atoms with Crippen LogP contribution in [0.2, 0.25) is 10.0 Å². The standard InChI is InChI=1S/C24H22Cl2N2O5S/c1-15-32-22-10-8-19(13-23(22)33-15)34(30,31)28(14-24(29)27-2)21-9-7-18(25)12-17(21)11-16-5-3-4-6-20(16)26/h3-10,12-13,15H,11,14H2,1-2H3,(H,27,29). The minimum atomic E-state index is -4.18. The van der Waals surface area contributed by atoms with Crippen molar-refractivity contribution in [3.8, 4) is 11.5 Å². The van der Waals surface area contributed by atoms with Gasteiger partial charge in [-0.1, -0.05) is 41.4 Å². The predicted octanol–water partition coefficient (Wildman–Crippen LogP) is 4.64. The van der Waals surface area contributed by atoms with E-state index >= 15 is 0 Å². The summed E-state index contributed by atoms with van der Waals surface area (Å²) in [4.78, 5) is 12.3. The second-order valence-corrected chi connectivity index (χ2v) is 10.3. The lowest BCUT2D eigenvalue weighted by molar-refractivity contribution is -0.119. The number of hydrogen-bond acceptors (Lipinski definition) is 5. The first-order chi connectivity index (χ1) is 16.2. The highest BCUT2D eigenvalue weighted by Gasteiger charge is 2.31. The second kappa shape index (κ2) is 9.74. The van der Waals surface area contributed by atoms with Crippen LogP contribution in [-0.2, 0) is 21.2 Å². The molecule has 0 fully saturated rings. The van der Waals surface area contributed by atoms with Gasteiger partial charge < -0.3 is 14.8 Å². The number of nitrogens with zero attached hydrogens (tertiary/aromatic N) is 1. The summed E-state index contributed by atoms with van der Waals surface area (Å²) < 4.78 is 39.7. The molecule has 4 rings (SSSR count). The highest BCUT2D eigenvalue weighted by Crippen LogP contribution is 2.38. The van der Waals surface area contributed by atoms with Crippen molar-refractivity contribution < 1.29 is 22.7 Å². The molecule has 10 heteroatoms. The molecule has 1 N–H and O–H groups in total. The van der Waals surface area contributed by atoms with Crippen molar-refractivity contribution in [2.75, 3.05) is 17.9 Å². The Hall–Kier alpha value is -2.94. The monoisotopic (exact) mass is 520 g/mol. The van der Waals surface area contributed by atoms with E-state index in [1.807, 2.05) is 18.2 Å². The van der Waals surface area contributed by atoms with Crippen molar-refractivity contribution >= 4 is 44.8 Å². The van der Waals surface area contributed by atoms with Crippen LogP contribution in [-0.4, -0.2) is 34.2 Å². The minimum Gasteiger partial charge on any atom is -0.451 e. The van der Waals surface area contributed by atoms with Crippen LogP contribution in [0.25, 0.3) is 0 Å². The molecule has 1 atom stereocenters. The number of carbonyl (C=O) groups is 1. The molecule has 1 aliphatic heterocycles. The summed E-state index contributed by atoms with van der Waals surface area (Å²) in [7, 11) is -2.73. The topological polar surface area (TPSA) is 84.9 Å². The Morgan fingerprint density at radius 3 is 2.47 bits per heavy atom. The molecule has 0 saturated carbocycles. The van der Waals surface area contributed by atoms with E-state index in [9.17, 15) is 13.2 Å². The van der Waals surface area contributed by atoms with Crippen LogP contribution in [0.1, 0.15) is 18.1 Å². The van der Waals surface area contributed by atoms with Gasteiger partial charge in [0.25, 0.3) is 10.0 Å². The Morgan fingerprint density at radius 1 is 1.00 bits per heavy atom. The highest BCUT2D eigenvalue weighted by atomic mass is 35.5. The minimum absolute atomic E-state index is 0.0357. The molecule has 7 nitrogen and oxygen atoms in total. The Bertz CT molecular complexity index is 1350. The van der Waals surface area contributed by atoms with Gasteiger partial charge in [0.05, 0.1) is 10.6 Å². The van der Waals surface area contributed by atoms with Gasteiger partial charge in [-0.3, -0.25) is 9.10 Å². The number of sulfonamides is 1. The van der Waals surface area contributed by atoms with Gasteiger partial charge >= 0.3 is 0 Å². The van der Waals surface area contributed by atoms with E-state index in [0.29, 0.717) is 39.2 Å². The zero-order chi connectivity index (χ0) is 24.5. The zero-order valence-corrected chi connectivity index (χ0v) is 20.7. The van der Waals surface area contributed by atoms with E-state index in [-0.39, 0.29) is 4.90 Å². The van der Waals surface area contributed by atoms with E-state index in [1.54, 1.807) is 31.2 Å². The molecule has 0 saturated heterocycles. The number of halogens is 2. The first-order valence-corrected chi connectivity index (χ1v) is 12.6. The van der Waals surface area contributed by atoms with E-state index in [1.165, 1.54) is 25.2 Å². The number of fused-ring (bicyclic) bond motifs is 1. The molecule has 0 radical (unpaired) electrons. The lowest BCUT2D eigenvalue weighted by Crippen LogP contribution is -2.40. The summed E-state index contributed by atoms with van der Waals surface area (Å²) in [5, 5.41) is 3.46. The molecule has 0 aliphatic carbocycles. The van der Waals surface area contributed by atoms with Gasteiger partial charge in [-0.2, -0.15) is 0 Å². The maximum absolute atomic E-state index is 13.8. The van der Waals surface area contributed by atoms with Gasteiger partial charge in [0.15, 0.2) is 11.5 Å². The summed E-state index contributed by atoms with van der Waals surface area (Å²) in [6, 6.07) is 16.5. The molecule has 1 heterocycles. The smallest absolute Gasteiger partial charge is 0.264 e. The Balaban J connectivity index is 1.82. The van der Waals surface area contributed by atoms with Gasteiger partial charge in [-0.05, 0) is 47.5 Å². The zero-order valence-electron chi connectivity index (χ0n) is 18.4. The van der Waals surface area contributed by atoms with Gasteiger partial charge in [0.1, 0.15) is 6.54 Å². The fraction of sp³-hybridized carbons (Fsp3) is 0.208. The van der Waals surface area contributed by atoms with Gasteiger partial charge in [0.2, 0.25) is 12.2 Å². The quantitative estimate of drug-likeness (QED) is 0.490. The summed E-state index contributed by atoms with van der Waals surface area (Å²) in [6.07, 6.45) is -0.207. The molecule has 0 aromatic heterocycles. The van der Waals surface area contributed by atoms with Crippen LogP contribution in [0.5, 0.6) is 11.5 Å². The number of hydrogen-bond donors (Lipinski definition) is 1. The van der Waals surface area contributed by atoms with Crippen LogP contribution in [0.3, 0.4) is 0 Å². The Morgan fingerprint density at radius 2 is 1.74 bits per heavy atom. The maximum Gasteiger partial charge on any atom is 0.264 e. The number of anilines is 1. The molecule has 0 spiro atoms. The third-order valence-electron chi connectivity index (χ3n) is 5.30. The fourth-order valence-corrected chi connectivity index (χ4v) is 5.51. The molecule has 3 aromatic carbocycles. The number of nitrogens with one attached hydrogen (secondary N) is 1. The highest BCUT2D eigenvalue weighted by molar-refractivity contribution is 7.92. The summed E-state index contributed by atoms with van der Waals surface area (Å²) in [5.41, 5.74) is 1.71. The van der Waals surface area contributed by atoms with E-state index in [4.69, 9.17) is 32.7 Å². The van der Waals surface area contributed by atoms with Gasteiger partial charge in [-0.25, -0.2) is 8.42 Å². The number of ether oxygens (including phenoxy) is 2. The average Bonchev–Trinajstić information content (AvgIpc) is 3.18. The first kappa shape index (κ1) is 24.2. The number of carbonyl (C=O) groups excluding carboxylic acids is 1. The number of likely N-dealkylation sites (N-methyl/N-ethyl adjacent to an activating group) is 1. The molecule has 3 aromatic rings. The molecular weight excluding hydrogens is 499 g/mol. The van der Waals surface area contributed by atoms with E-state index in [2.05, 4.69) is 5.32 Å². The Labute approximate surface area is 208 Å². The lowest BCUT2D eigenvalue weighted by atomic mass is 10.0. The molecule has 178 valence electrons. The van der Waals surface area contributed by atoms with Crippen LogP contribution in [0, 0.1) is 0 Å². The van der Waals surface area contributed by atoms with Crippen molar-refractivity contribution in [2.45, 2.75) is 24.5 Å². The maximum atomic E-state index is 13.8. The molecule has 1 aliphatic rings. The van der Waals surface area contributed by atoms with Crippen molar-refractivity contribution in [1.29, 1.82) is 0 Å². The van der Waals surface area contributed by atoms with Crippen molar-refractivity contribution in [2.24, 2.45) is 0 Å². The summed E-state index contributed by atoms with van der Waals surface area (Å²) in [6.45, 7) is 1.28. The van der Waals surface area contributed by atoms with Crippen molar-refractivity contribution in [3.05, 3.63) is 81.8 Å². The van der Waals surface area contributed by atoms with Crippen LogP contribution in [0.4, 0.5) is 5.69 Å². The number of rotatable bonds is 7. The van der Waals surface area contributed by atoms with Crippen molar-refractivity contribution in [3.63, 3.8) is 0 Å². The lowest BCUT2D eigenvalue weighted by Gasteiger charge is -2.26. The number of amides is 1. The normalized spacial score (nSPS) is 14.6. The third-order valence-corrected chi connectivity index (χ3v) is 7.66. The van der Waals surface area contributed by atoms with E-state index in [0.717, 1.165) is 9.87 Å². The molecule has 1 unspecified atom stereocenters. The molecule has 0 bridgehead atoms. The first-order valence-electron chi connectivity index (χ1n) is 10.4. The second-order valence-electron chi connectivity index (χ2n) is 7.64. The Kier molecular flexibility index (Phi) is 6.93. The van der Waals surface area contributed by atoms with Crippen molar-refractivity contribution in [1.82, 2.24) is 5.32 Å². The van der Waals surface area contributed by atoms with Crippen LogP contribution >= 0.6 is 23.2 Å². The third kappa shape index (κ3) is 4.94. The molecule has 1 amide bonds.